The number of rotatable bonds is 3. The second kappa shape index (κ2) is 5.00. The molecule has 0 aromatic carbocycles. The number of hydrogen-bond donors (Lipinski definition) is 1. The van der Waals surface area contributed by atoms with E-state index in [4.69, 9.17) is 5.11 Å². The van der Waals surface area contributed by atoms with Crippen molar-refractivity contribution in [3.63, 3.8) is 0 Å². The normalized spacial score (nSPS) is 30.8. The molecular formula is C13H20N2O3. The molecule has 2 fully saturated rings. The van der Waals surface area contributed by atoms with Gasteiger partial charge in [0.2, 0.25) is 0 Å². The molecule has 0 spiro atoms. The fourth-order valence-electron chi connectivity index (χ4n) is 3.08. The third kappa shape index (κ3) is 2.49. The Labute approximate surface area is 107 Å². The van der Waals surface area contributed by atoms with Crippen molar-refractivity contribution in [1.29, 1.82) is 0 Å². The van der Waals surface area contributed by atoms with E-state index in [1.165, 1.54) is 0 Å². The van der Waals surface area contributed by atoms with Crippen LogP contribution in [0.1, 0.15) is 25.7 Å². The van der Waals surface area contributed by atoms with Crippen LogP contribution in [0.15, 0.2) is 12.3 Å². The minimum absolute atomic E-state index is 0.00528. The molecule has 1 amide bonds. The first-order valence-electron chi connectivity index (χ1n) is 6.38. The van der Waals surface area contributed by atoms with E-state index in [0.717, 1.165) is 12.8 Å². The van der Waals surface area contributed by atoms with Gasteiger partial charge in [-0.05, 0) is 31.8 Å². The first-order valence-corrected chi connectivity index (χ1v) is 6.38. The lowest BCUT2D eigenvalue weighted by atomic mass is 9.87. The molecule has 2 heterocycles. The second-order valence-corrected chi connectivity index (χ2v) is 5.42. The molecule has 2 aliphatic rings. The van der Waals surface area contributed by atoms with Gasteiger partial charge in [0, 0.05) is 38.3 Å². The van der Waals surface area contributed by atoms with Gasteiger partial charge in [0.15, 0.2) is 5.78 Å². The van der Waals surface area contributed by atoms with Crippen molar-refractivity contribution >= 4 is 11.9 Å². The third-order valence-corrected chi connectivity index (χ3v) is 3.89. The predicted octanol–water partition coefficient (Wildman–Crippen LogP) is 1.55. The Morgan fingerprint density at radius 3 is 2.22 bits per heavy atom. The van der Waals surface area contributed by atoms with Gasteiger partial charge in [-0.15, -0.1) is 0 Å². The van der Waals surface area contributed by atoms with Gasteiger partial charge in [0.1, 0.15) is 0 Å². The molecule has 1 N–H and O–H groups in total. The van der Waals surface area contributed by atoms with Crippen molar-refractivity contribution in [2.24, 2.45) is 5.92 Å². The summed E-state index contributed by atoms with van der Waals surface area (Å²) < 4.78 is 0. The summed E-state index contributed by atoms with van der Waals surface area (Å²) in [5, 5.41) is 9.14. The standard InChI is InChI=1S/C13H20N2O3/c1-14(2)6-5-12(16)9-7-10-3-4-11(8-9)15(10)13(17)18/h5-6,9-11H,3-4,7-8H2,1-2H3,(H,17,18). The molecule has 2 saturated heterocycles. The van der Waals surface area contributed by atoms with Gasteiger partial charge in [-0.25, -0.2) is 4.79 Å². The molecular weight excluding hydrogens is 232 g/mol. The molecule has 0 radical (unpaired) electrons. The number of ketones is 1. The van der Waals surface area contributed by atoms with Crippen LogP contribution in [0, 0.1) is 5.92 Å². The van der Waals surface area contributed by atoms with E-state index in [-0.39, 0.29) is 23.8 Å². The zero-order valence-electron chi connectivity index (χ0n) is 10.9. The monoisotopic (exact) mass is 252 g/mol. The number of piperidine rings is 1. The minimum atomic E-state index is -0.836. The molecule has 0 aromatic heterocycles. The molecule has 2 unspecified atom stereocenters. The smallest absolute Gasteiger partial charge is 0.407 e. The van der Waals surface area contributed by atoms with Crippen LogP contribution >= 0.6 is 0 Å². The Balaban J connectivity index is 2.00. The van der Waals surface area contributed by atoms with E-state index in [2.05, 4.69) is 0 Å². The van der Waals surface area contributed by atoms with Gasteiger partial charge >= 0.3 is 6.09 Å². The minimum Gasteiger partial charge on any atom is -0.465 e. The van der Waals surface area contributed by atoms with Crippen molar-refractivity contribution in [2.75, 3.05) is 14.1 Å². The lowest BCUT2D eigenvalue weighted by Gasteiger charge is -2.36. The average molecular weight is 252 g/mol. The SMILES string of the molecule is CN(C)C=CC(=O)C1CC2CCC(C1)N2C(=O)O. The molecule has 2 atom stereocenters. The highest BCUT2D eigenvalue weighted by Crippen LogP contribution is 2.39. The number of carboxylic acid groups (broad SMARTS) is 1. The number of carbonyl (C=O) groups is 2. The van der Waals surface area contributed by atoms with Gasteiger partial charge in [-0.3, -0.25) is 4.79 Å². The third-order valence-electron chi connectivity index (χ3n) is 3.89. The second-order valence-electron chi connectivity index (χ2n) is 5.42. The molecule has 0 aromatic rings. The van der Waals surface area contributed by atoms with Crippen molar-refractivity contribution < 1.29 is 14.7 Å². The first-order chi connectivity index (χ1) is 8.49. The van der Waals surface area contributed by atoms with Crippen LogP contribution in [0.25, 0.3) is 0 Å². The van der Waals surface area contributed by atoms with E-state index in [9.17, 15) is 9.59 Å². The largest absolute Gasteiger partial charge is 0.465 e. The summed E-state index contributed by atoms with van der Waals surface area (Å²) in [4.78, 5) is 26.5. The quantitative estimate of drug-likeness (QED) is 0.774. The zero-order valence-corrected chi connectivity index (χ0v) is 10.9. The molecule has 5 nitrogen and oxygen atoms in total. The molecule has 100 valence electrons. The Kier molecular flexibility index (Phi) is 3.59. The number of amides is 1. The van der Waals surface area contributed by atoms with Gasteiger partial charge in [-0.2, -0.15) is 0 Å². The summed E-state index contributed by atoms with van der Waals surface area (Å²) in [5.74, 6) is 0.125. The van der Waals surface area contributed by atoms with Crippen molar-refractivity contribution in [1.82, 2.24) is 9.80 Å². The molecule has 2 aliphatic heterocycles. The van der Waals surface area contributed by atoms with Gasteiger partial charge < -0.3 is 14.9 Å². The topological polar surface area (TPSA) is 60.9 Å². The zero-order chi connectivity index (χ0) is 13.3. The molecule has 5 heteroatoms. The number of fused-ring (bicyclic) bond motifs is 2. The van der Waals surface area contributed by atoms with Crippen LogP contribution in [-0.2, 0) is 4.79 Å². The maximum Gasteiger partial charge on any atom is 0.407 e. The number of hydrogen-bond acceptors (Lipinski definition) is 3. The van der Waals surface area contributed by atoms with Crippen LogP contribution in [0.3, 0.4) is 0 Å². The molecule has 2 bridgehead atoms. The average Bonchev–Trinajstić information content (AvgIpc) is 2.57. The van der Waals surface area contributed by atoms with Gasteiger partial charge in [-0.1, -0.05) is 0 Å². The van der Waals surface area contributed by atoms with Crippen LogP contribution in [0.2, 0.25) is 0 Å². The molecule has 0 aliphatic carbocycles. The fourth-order valence-corrected chi connectivity index (χ4v) is 3.08. The van der Waals surface area contributed by atoms with Crippen molar-refractivity contribution in [2.45, 2.75) is 37.8 Å². The highest BCUT2D eigenvalue weighted by atomic mass is 16.4. The van der Waals surface area contributed by atoms with Gasteiger partial charge in [0.25, 0.3) is 0 Å². The van der Waals surface area contributed by atoms with Crippen LogP contribution in [0.4, 0.5) is 4.79 Å². The molecule has 18 heavy (non-hydrogen) atoms. The Morgan fingerprint density at radius 2 is 1.78 bits per heavy atom. The lowest BCUT2D eigenvalue weighted by Crippen LogP contribution is -2.47. The fraction of sp³-hybridized carbons (Fsp3) is 0.692. The highest BCUT2D eigenvalue weighted by Gasteiger charge is 2.44. The van der Waals surface area contributed by atoms with Crippen LogP contribution < -0.4 is 0 Å². The summed E-state index contributed by atoms with van der Waals surface area (Å²) in [6, 6.07) is 0.0888. The number of nitrogens with zero attached hydrogens (tertiary/aromatic N) is 2. The van der Waals surface area contributed by atoms with E-state index in [1.54, 1.807) is 17.2 Å². The summed E-state index contributed by atoms with van der Waals surface area (Å²) in [5.41, 5.74) is 0. The lowest BCUT2D eigenvalue weighted by molar-refractivity contribution is -0.120. The summed E-state index contributed by atoms with van der Waals surface area (Å²) in [7, 11) is 3.75. The molecule has 2 rings (SSSR count). The Morgan fingerprint density at radius 1 is 1.22 bits per heavy atom. The maximum absolute atomic E-state index is 12.0. The van der Waals surface area contributed by atoms with E-state index in [1.807, 2.05) is 19.0 Å². The Hall–Kier alpha value is -1.52. The molecule has 0 saturated carbocycles. The van der Waals surface area contributed by atoms with E-state index in [0.29, 0.717) is 12.8 Å². The van der Waals surface area contributed by atoms with Crippen molar-refractivity contribution in [3.05, 3.63) is 12.3 Å². The number of allylic oxidation sites excluding steroid dienone is 1. The maximum atomic E-state index is 12.0. The van der Waals surface area contributed by atoms with Gasteiger partial charge in [0.05, 0.1) is 0 Å². The van der Waals surface area contributed by atoms with Crippen LogP contribution in [-0.4, -0.2) is 53.0 Å². The predicted molar refractivity (Wildman–Crippen MR) is 67.2 cm³/mol. The van der Waals surface area contributed by atoms with Crippen molar-refractivity contribution in [3.8, 4) is 0 Å². The summed E-state index contributed by atoms with van der Waals surface area (Å²) >= 11 is 0. The summed E-state index contributed by atoms with van der Waals surface area (Å²) in [6.07, 6.45) is 5.70. The number of carbonyl (C=O) groups excluding carboxylic acids is 1. The summed E-state index contributed by atoms with van der Waals surface area (Å²) in [6.45, 7) is 0. The first kappa shape index (κ1) is 12.9. The van der Waals surface area contributed by atoms with Crippen LogP contribution in [0.5, 0.6) is 0 Å². The Bertz CT molecular complexity index is 364. The highest BCUT2D eigenvalue weighted by molar-refractivity contribution is 5.92. The van der Waals surface area contributed by atoms with E-state index < -0.39 is 6.09 Å². The van der Waals surface area contributed by atoms with E-state index >= 15 is 0 Å².